The van der Waals surface area contributed by atoms with E-state index >= 15 is 0 Å². The van der Waals surface area contributed by atoms with Crippen LogP contribution in [0.3, 0.4) is 0 Å². The van der Waals surface area contributed by atoms with Gasteiger partial charge in [-0.05, 0) is 45.2 Å². The summed E-state index contributed by atoms with van der Waals surface area (Å²) in [4.78, 5) is 16.5. The number of hydrogen-bond acceptors (Lipinski definition) is 4. The molecule has 2 heterocycles. The lowest BCUT2D eigenvalue weighted by Gasteiger charge is -2.48. The molecule has 0 saturated carbocycles. The Morgan fingerprint density at radius 1 is 1.23 bits per heavy atom. The Hall–Kier alpha value is -1.59. The van der Waals surface area contributed by atoms with Gasteiger partial charge in [0.2, 0.25) is 5.91 Å². The van der Waals surface area contributed by atoms with Gasteiger partial charge in [-0.3, -0.25) is 9.69 Å². The topological polar surface area (TPSA) is 53.0 Å². The van der Waals surface area contributed by atoms with Gasteiger partial charge >= 0.3 is 0 Å². The number of amides is 1. The maximum absolute atomic E-state index is 12.1. The van der Waals surface area contributed by atoms with Crippen molar-refractivity contribution in [2.24, 2.45) is 5.41 Å². The number of aliphatic hydroxyl groups excluding tert-OH is 1. The van der Waals surface area contributed by atoms with Crippen molar-refractivity contribution in [3.05, 3.63) is 28.8 Å². The lowest BCUT2D eigenvalue weighted by atomic mass is 9.73. The lowest BCUT2D eigenvalue weighted by molar-refractivity contribution is -0.140. The molecule has 0 aliphatic carbocycles. The van der Waals surface area contributed by atoms with Crippen molar-refractivity contribution in [1.29, 1.82) is 0 Å². The molecule has 0 unspecified atom stereocenters. The molecule has 0 radical (unpaired) electrons. The molecule has 1 N–H and O–H groups in total. The van der Waals surface area contributed by atoms with E-state index in [1.807, 2.05) is 4.90 Å². The van der Waals surface area contributed by atoms with Gasteiger partial charge in [-0.1, -0.05) is 17.7 Å². The second kappa shape index (κ2) is 7.97. The van der Waals surface area contributed by atoms with E-state index in [9.17, 15) is 9.90 Å². The minimum Gasteiger partial charge on any atom is -0.496 e. The second-order valence-corrected chi connectivity index (χ2v) is 8.13. The number of aryl methyl sites for hydroxylation is 2. The zero-order valence-electron chi connectivity index (χ0n) is 16.4. The Labute approximate surface area is 156 Å². The highest BCUT2D eigenvalue weighted by molar-refractivity contribution is 5.77. The summed E-state index contributed by atoms with van der Waals surface area (Å²) >= 11 is 0. The molecule has 2 aliphatic rings. The van der Waals surface area contributed by atoms with Crippen molar-refractivity contribution < 1.29 is 14.6 Å². The fraction of sp³-hybridized carbons (Fsp3) is 0.667. The molecule has 26 heavy (non-hydrogen) atoms. The number of rotatable bonds is 5. The largest absolute Gasteiger partial charge is 0.496 e. The Balaban J connectivity index is 1.74. The number of carbonyl (C=O) groups is 1. The third kappa shape index (κ3) is 4.04. The van der Waals surface area contributed by atoms with Crippen LogP contribution in [0.4, 0.5) is 0 Å². The molecule has 1 aromatic carbocycles. The molecule has 1 spiro atoms. The zero-order chi connectivity index (χ0) is 18.7. The average molecular weight is 360 g/mol. The molecule has 2 aliphatic heterocycles. The number of aliphatic hydroxyl groups is 1. The van der Waals surface area contributed by atoms with Gasteiger partial charge in [-0.2, -0.15) is 0 Å². The Morgan fingerprint density at radius 3 is 2.77 bits per heavy atom. The highest BCUT2D eigenvalue weighted by Crippen LogP contribution is 2.39. The molecule has 1 atom stereocenters. The smallest absolute Gasteiger partial charge is 0.222 e. The third-order valence-electron chi connectivity index (χ3n) is 5.95. The maximum Gasteiger partial charge on any atom is 0.222 e. The van der Waals surface area contributed by atoms with Crippen molar-refractivity contribution in [1.82, 2.24) is 9.80 Å². The SMILES string of the molecule is COc1c(C)cc(C)cc1CN1CCC[C@@]2(CCC(=O)N(CCO)C2)C1. The third-order valence-corrected chi connectivity index (χ3v) is 5.95. The normalized spacial score (nSPS) is 24.3. The summed E-state index contributed by atoms with van der Waals surface area (Å²) in [6.45, 7) is 8.52. The number of carbonyl (C=O) groups excluding carboxylic acids is 1. The molecule has 2 saturated heterocycles. The fourth-order valence-electron chi connectivity index (χ4n) is 4.90. The van der Waals surface area contributed by atoms with Gasteiger partial charge in [0.15, 0.2) is 0 Å². The van der Waals surface area contributed by atoms with Crippen LogP contribution in [0.25, 0.3) is 0 Å². The minimum absolute atomic E-state index is 0.0469. The van der Waals surface area contributed by atoms with Gasteiger partial charge in [-0.15, -0.1) is 0 Å². The van der Waals surface area contributed by atoms with Gasteiger partial charge in [0, 0.05) is 43.6 Å². The van der Waals surface area contributed by atoms with E-state index in [2.05, 4.69) is 30.9 Å². The fourth-order valence-corrected chi connectivity index (χ4v) is 4.90. The van der Waals surface area contributed by atoms with Crippen LogP contribution < -0.4 is 4.74 Å². The van der Waals surface area contributed by atoms with Crippen molar-refractivity contribution in [3.8, 4) is 5.75 Å². The summed E-state index contributed by atoms with van der Waals surface area (Å²) < 4.78 is 5.67. The highest BCUT2D eigenvalue weighted by atomic mass is 16.5. The number of ether oxygens (including phenoxy) is 1. The first-order valence-electron chi connectivity index (χ1n) is 9.71. The number of hydrogen-bond donors (Lipinski definition) is 1. The van der Waals surface area contributed by atoms with E-state index in [0.29, 0.717) is 13.0 Å². The quantitative estimate of drug-likeness (QED) is 0.877. The van der Waals surface area contributed by atoms with Crippen LogP contribution in [0.5, 0.6) is 5.75 Å². The summed E-state index contributed by atoms with van der Waals surface area (Å²) in [6, 6.07) is 4.40. The van der Waals surface area contributed by atoms with E-state index < -0.39 is 0 Å². The van der Waals surface area contributed by atoms with Crippen LogP contribution in [-0.4, -0.2) is 60.7 Å². The Kier molecular flexibility index (Phi) is 5.88. The minimum atomic E-state index is 0.0469. The standard InChI is InChI=1S/C21H32N2O3/c1-16-11-17(2)20(26-3)18(12-16)13-22-8-4-6-21(14-22)7-5-19(25)23(15-21)9-10-24/h11-12,24H,4-10,13-15H2,1-3H3/t21-/m1/s1. The van der Waals surface area contributed by atoms with Crippen LogP contribution >= 0.6 is 0 Å². The van der Waals surface area contributed by atoms with Crippen LogP contribution in [0, 0.1) is 19.3 Å². The molecular weight excluding hydrogens is 328 g/mol. The Bertz CT molecular complexity index is 661. The van der Waals surface area contributed by atoms with Crippen molar-refractivity contribution in [3.63, 3.8) is 0 Å². The van der Waals surface area contributed by atoms with E-state index in [1.54, 1.807) is 7.11 Å². The van der Waals surface area contributed by atoms with E-state index in [-0.39, 0.29) is 17.9 Å². The first-order valence-corrected chi connectivity index (χ1v) is 9.71. The molecule has 144 valence electrons. The second-order valence-electron chi connectivity index (χ2n) is 8.13. The molecule has 2 fully saturated rings. The molecule has 1 amide bonds. The number of methoxy groups -OCH3 is 1. The van der Waals surface area contributed by atoms with Crippen LogP contribution in [-0.2, 0) is 11.3 Å². The monoisotopic (exact) mass is 360 g/mol. The summed E-state index contributed by atoms with van der Waals surface area (Å²) in [5, 5.41) is 9.26. The van der Waals surface area contributed by atoms with Gasteiger partial charge in [-0.25, -0.2) is 0 Å². The van der Waals surface area contributed by atoms with E-state index in [4.69, 9.17) is 4.74 Å². The van der Waals surface area contributed by atoms with Crippen molar-refractivity contribution >= 4 is 5.91 Å². The van der Waals surface area contributed by atoms with Crippen LogP contribution in [0.2, 0.25) is 0 Å². The molecular formula is C21H32N2O3. The number of piperidine rings is 2. The van der Waals surface area contributed by atoms with Crippen molar-refractivity contribution in [2.75, 3.05) is 39.9 Å². The Morgan fingerprint density at radius 2 is 2.04 bits per heavy atom. The summed E-state index contributed by atoms with van der Waals surface area (Å²) in [5.41, 5.74) is 3.88. The molecule has 5 heteroatoms. The van der Waals surface area contributed by atoms with Gasteiger partial charge in [0.05, 0.1) is 13.7 Å². The molecule has 0 bridgehead atoms. The number of likely N-dealkylation sites (tertiary alicyclic amines) is 2. The van der Waals surface area contributed by atoms with Gasteiger partial charge in [0.25, 0.3) is 0 Å². The number of β-amino-alcohol motifs (C(OH)–C–C–N with tert-alkyl or cyclic N) is 1. The first-order chi connectivity index (χ1) is 12.5. The first kappa shape index (κ1) is 19.2. The van der Waals surface area contributed by atoms with Gasteiger partial charge < -0.3 is 14.7 Å². The van der Waals surface area contributed by atoms with Crippen LogP contribution in [0.15, 0.2) is 12.1 Å². The van der Waals surface area contributed by atoms with Crippen molar-refractivity contribution in [2.45, 2.75) is 46.1 Å². The van der Waals surface area contributed by atoms with Crippen LogP contribution in [0.1, 0.15) is 42.4 Å². The lowest BCUT2D eigenvalue weighted by Crippen LogP contribution is -2.54. The van der Waals surface area contributed by atoms with E-state index in [1.165, 1.54) is 23.1 Å². The summed E-state index contributed by atoms with van der Waals surface area (Å²) in [7, 11) is 1.75. The summed E-state index contributed by atoms with van der Waals surface area (Å²) in [5.74, 6) is 1.19. The maximum atomic E-state index is 12.1. The average Bonchev–Trinajstić information content (AvgIpc) is 2.59. The van der Waals surface area contributed by atoms with Gasteiger partial charge in [0.1, 0.15) is 5.75 Å². The predicted octanol–water partition coefficient (Wildman–Crippen LogP) is 2.51. The molecule has 0 aromatic heterocycles. The number of benzene rings is 1. The molecule has 3 rings (SSSR count). The summed E-state index contributed by atoms with van der Waals surface area (Å²) in [6.07, 6.45) is 3.91. The predicted molar refractivity (Wildman–Crippen MR) is 102 cm³/mol. The zero-order valence-corrected chi connectivity index (χ0v) is 16.4. The molecule has 5 nitrogen and oxygen atoms in total. The highest BCUT2D eigenvalue weighted by Gasteiger charge is 2.41. The van der Waals surface area contributed by atoms with E-state index in [0.717, 1.165) is 44.8 Å². The molecule has 1 aromatic rings. The number of nitrogens with zero attached hydrogens (tertiary/aromatic N) is 2.